The zero-order valence-electron chi connectivity index (χ0n) is 17.3. The fourth-order valence-corrected chi connectivity index (χ4v) is 3.08. The molecule has 1 unspecified atom stereocenters. The number of nitrogens with zero attached hydrogens (tertiary/aromatic N) is 3. The van der Waals surface area contributed by atoms with Crippen LogP contribution in [0.3, 0.4) is 0 Å². The molecule has 0 saturated carbocycles. The lowest BCUT2D eigenvalue weighted by atomic mass is 10.1. The maximum Gasteiger partial charge on any atom is 0.252 e. The predicted molar refractivity (Wildman–Crippen MR) is 114 cm³/mol. The maximum absolute atomic E-state index is 13.1. The molecule has 2 heterocycles. The van der Waals surface area contributed by atoms with Gasteiger partial charge >= 0.3 is 0 Å². The minimum Gasteiger partial charge on any atom is -0.354 e. The SMILES string of the molecule is CCCNC(=O)C(C)NC(=O)c1cc(-c2ccccc2)nc2c1cnn2C(C)C. The number of aromatic nitrogens is 3. The molecule has 2 amide bonds. The van der Waals surface area contributed by atoms with Gasteiger partial charge in [0.15, 0.2) is 5.65 Å². The van der Waals surface area contributed by atoms with Gasteiger partial charge in [-0.05, 0) is 33.3 Å². The number of fused-ring (bicyclic) bond motifs is 1. The van der Waals surface area contributed by atoms with E-state index in [1.165, 1.54) is 0 Å². The molecule has 2 N–H and O–H groups in total. The first-order valence-electron chi connectivity index (χ1n) is 9.94. The van der Waals surface area contributed by atoms with Gasteiger partial charge in [-0.2, -0.15) is 5.10 Å². The minimum atomic E-state index is -0.641. The Hall–Kier alpha value is -3.22. The van der Waals surface area contributed by atoms with Crippen LogP contribution in [0.4, 0.5) is 0 Å². The van der Waals surface area contributed by atoms with Crippen molar-refractivity contribution in [2.45, 2.75) is 46.2 Å². The molecule has 3 aromatic rings. The van der Waals surface area contributed by atoms with Crippen LogP contribution in [0.5, 0.6) is 0 Å². The molecule has 0 saturated heterocycles. The second-order valence-electron chi connectivity index (χ2n) is 7.33. The van der Waals surface area contributed by atoms with E-state index in [-0.39, 0.29) is 17.9 Å². The monoisotopic (exact) mass is 393 g/mol. The summed E-state index contributed by atoms with van der Waals surface area (Å²) in [6.45, 7) is 8.27. The van der Waals surface area contributed by atoms with Crippen LogP contribution in [0.25, 0.3) is 22.3 Å². The van der Waals surface area contributed by atoms with Crippen LogP contribution in [0, 0.1) is 0 Å². The van der Waals surface area contributed by atoms with Gasteiger partial charge in [0.05, 0.1) is 22.8 Å². The van der Waals surface area contributed by atoms with Crippen molar-refractivity contribution in [3.63, 3.8) is 0 Å². The molecule has 3 rings (SSSR count). The molecule has 2 aromatic heterocycles. The zero-order chi connectivity index (χ0) is 21.0. The minimum absolute atomic E-state index is 0.0979. The summed E-state index contributed by atoms with van der Waals surface area (Å²) in [6, 6.07) is 10.9. The highest BCUT2D eigenvalue weighted by Crippen LogP contribution is 2.26. The Morgan fingerprint density at radius 2 is 1.86 bits per heavy atom. The van der Waals surface area contributed by atoms with Gasteiger partial charge in [0.1, 0.15) is 6.04 Å². The first-order valence-corrected chi connectivity index (χ1v) is 9.94. The van der Waals surface area contributed by atoms with E-state index in [2.05, 4.69) is 15.7 Å². The van der Waals surface area contributed by atoms with E-state index in [9.17, 15) is 9.59 Å². The summed E-state index contributed by atoms with van der Waals surface area (Å²) in [5.74, 6) is -0.524. The molecular weight excluding hydrogens is 366 g/mol. The van der Waals surface area contributed by atoms with Crippen LogP contribution >= 0.6 is 0 Å². The largest absolute Gasteiger partial charge is 0.354 e. The molecule has 0 aliphatic rings. The van der Waals surface area contributed by atoms with Gasteiger partial charge < -0.3 is 10.6 Å². The summed E-state index contributed by atoms with van der Waals surface area (Å²) in [5, 5.41) is 10.7. The number of hydrogen-bond donors (Lipinski definition) is 2. The van der Waals surface area contributed by atoms with E-state index in [1.54, 1.807) is 23.9 Å². The summed E-state index contributed by atoms with van der Waals surface area (Å²) in [5.41, 5.74) is 2.70. The molecule has 0 fully saturated rings. The Labute approximate surface area is 170 Å². The summed E-state index contributed by atoms with van der Waals surface area (Å²) < 4.78 is 1.80. The smallest absolute Gasteiger partial charge is 0.252 e. The lowest BCUT2D eigenvalue weighted by Gasteiger charge is -2.15. The fraction of sp³-hybridized carbons (Fsp3) is 0.364. The van der Waals surface area contributed by atoms with E-state index < -0.39 is 6.04 Å². The number of amides is 2. The number of pyridine rings is 1. The molecule has 1 atom stereocenters. The fourth-order valence-electron chi connectivity index (χ4n) is 3.08. The summed E-state index contributed by atoms with van der Waals surface area (Å²) >= 11 is 0. The highest BCUT2D eigenvalue weighted by molar-refractivity contribution is 6.07. The van der Waals surface area contributed by atoms with Gasteiger partial charge in [0.2, 0.25) is 5.91 Å². The van der Waals surface area contributed by atoms with Gasteiger partial charge in [-0.15, -0.1) is 0 Å². The molecule has 1 aromatic carbocycles. The van der Waals surface area contributed by atoms with Crippen LogP contribution in [0.1, 0.15) is 50.5 Å². The lowest BCUT2D eigenvalue weighted by Crippen LogP contribution is -2.45. The van der Waals surface area contributed by atoms with Crippen molar-refractivity contribution < 1.29 is 9.59 Å². The van der Waals surface area contributed by atoms with E-state index in [0.29, 0.717) is 28.8 Å². The van der Waals surface area contributed by atoms with E-state index in [4.69, 9.17) is 4.98 Å². The van der Waals surface area contributed by atoms with Crippen LogP contribution in [0.15, 0.2) is 42.6 Å². The van der Waals surface area contributed by atoms with Gasteiger partial charge in [0.25, 0.3) is 5.91 Å². The molecule has 152 valence electrons. The van der Waals surface area contributed by atoms with Gasteiger partial charge in [-0.25, -0.2) is 9.67 Å². The van der Waals surface area contributed by atoms with E-state index in [0.717, 1.165) is 12.0 Å². The van der Waals surface area contributed by atoms with Crippen molar-refractivity contribution >= 4 is 22.8 Å². The Morgan fingerprint density at radius 1 is 1.14 bits per heavy atom. The molecule has 0 spiro atoms. The predicted octanol–water partition coefficient (Wildman–Crippen LogP) is 3.32. The third kappa shape index (κ3) is 4.45. The van der Waals surface area contributed by atoms with Crippen LogP contribution in [-0.4, -0.2) is 39.2 Å². The number of rotatable bonds is 7. The molecule has 0 radical (unpaired) electrons. The quantitative estimate of drug-likeness (QED) is 0.644. The molecule has 7 heteroatoms. The van der Waals surface area contributed by atoms with Crippen LogP contribution < -0.4 is 10.6 Å². The summed E-state index contributed by atoms with van der Waals surface area (Å²) in [6.07, 6.45) is 2.50. The molecule has 29 heavy (non-hydrogen) atoms. The topological polar surface area (TPSA) is 88.9 Å². The van der Waals surface area contributed by atoms with Crippen molar-refractivity contribution in [1.82, 2.24) is 25.4 Å². The van der Waals surface area contributed by atoms with Crippen molar-refractivity contribution in [2.24, 2.45) is 0 Å². The number of carbonyl (C=O) groups excluding carboxylic acids is 2. The highest BCUT2D eigenvalue weighted by Gasteiger charge is 2.21. The number of nitrogens with one attached hydrogen (secondary N) is 2. The maximum atomic E-state index is 13.1. The van der Waals surface area contributed by atoms with Crippen molar-refractivity contribution in [1.29, 1.82) is 0 Å². The highest BCUT2D eigenvalue weighted by atomic mass is 16.2. The number of carbonyl (C=O) groups is 2. The van der Waals surface area contributed by atoms with Crippen molar-refractivity contribution in [3.05, 3.63) is 48.2 Å². The number of hydrogen-bond acceptors (Lipinski definition) is 4. The first-order chi connectivity index (χ1) is 13.9. The van der Waals surface area contributed by atoms with Crippen LogP contribution in [0.2, 0.25) is 0 Å². The second kappa shape index (κ2) is 8.86. The molecule has 0 aliphatic carbocycles. The average Bonchev–Trinajstić information content (AvgIpc) is 3.16. The Kier molecular flexibility index (Phi) is 6.26. The average molecular weight is 393 g/mol. The second-order valence-corrected chi connectivity index (χ2v) is 7.33. The molecule has 0 aliphatic heterocycles. The van der Waals surface area contributed by atoms with E-state index in [1.807, 2.05) is 51.1 Å². The Bertz CT molecular complexity index is 1010. The van der Waals surface area contributed by atoms with Crippen molar-refractivity contribution in [3.8, 4) is 11.3 Å². The first kappa shape index (κ1) is 20.5. The van der Waals surface area contributed by atoms with Gasteiger partial charge in [0, 0.05) is 18.2 Å². The third-order valence-electron chi connectivity index (χ3n) is 4.66. The van der Waals surface area contributed by atoms with Gasteiger partial charge in [-0.1, -0.05) is 37.3 Å². The summed E-state index contributed by atoms with van der Waals surface area (Å²) in [7, 11) is 0. The summed E-state index contributed by atoms with van der Waals surface area (Å²) in [4.78, 5) is 30.0. The standard InChI is InChI=1S/C22H27N5O2/c1-5-11-23-21(28)15(4)25-22(29)17-12-19(16-9-7-6-8-10-16)26-20-18(17)13-24-27(20)14(2)3/h6-10,12-15H,5,11H2,1-4H3,(H,23,28)(H,25,29). The lowest BCUT2D eigenvalue weighted by molar-refractivity contribution is -0.122. The Morgan fingerprint density at radius 3 is 2.52 bits per heavy atom. The normalized spacial score (nSPS) is 12.2. The Balaban J connectivity index is 2.01. The molecule has 0 bridgehead atoms. The van der Waals surface area contributed by atoms with Gasteiger partial charge in [-0.3, -0.25) is 9.59 Å². The third-order valence-corrected chi connectivity index (χ3v) is 4.66. The van der Waals surface area contributed by atoms with Crippen molar-refractivity contribution in [2.75, 3.05) is 6.54 Å². The number of benzene rings is 1. The molecular formula is C22H27N5O2. The zero-order valence-corrected chi connectivity index (χ0v) is 17.3. The van der Waals surface area contributed by atoms with Crippen LogP contribution in [-0.2, 0) is 4.79 Å². The van der Waals surface area contributed by atoms with E-state index >= 15 is 0 Å². The molecule has 7 nitrogen and oxygen atoms in total.